The summed E-state index contributed by atoms with van der Waals surface area (Å²) in [6.45, 7) is 8.49. The molecular formula is C18H22N2O3S. The van der Waals surface area contributed by atoms with Crippen LogP contribution in [0.4, 0.5) is 0 Å². The first-order valence-corrected chi connectivity index (χ1v) is 8.62. The maximum absolute atomic E-state index is 12.2. The maximum atomic E-state index is 12.2. The summed E-state index contributed by atoms with van der Waals surface area (Å²) in [6, 6.07) is 7.61. The molecule has 6 heteroatoms. The van der Waals surface area contributed by atoms with E-state index in [9.17, 15) is 9.59 Å². The maximum Gasteiger partial charge on any atom is 0.355 e. The van der Waals surface area contributed by atoms with Crippen molar-refractivity contribution in [3.05, 3.63) is 40.9 Å². The topological polar surface area (TPSA) is 79.3 Å². The minimum atomic E-state index is -1.03. The molecule has 0 spiro atoms. The first kappa shape index (κ1) is 18.1. The molecule has 5 nitrogen and oxygen atoms in total. The van der Waals surface area contributed by atoms with Gasteiger partial charge in [-0.3, -0.25) is 4.79 Å². The van der Waals surface area contributed by atoms with Crippen LogP contribution in [0.5, 0.6) is 0 Å². The molecule has 0 aliphatic heterocycles. The van der Waals surface area contributed by atoms with Crippen molar-refractivity contribution in [2.75, 3.05) is 0 Å². The molecule has 0 aliphatic rings. The van der Waals surface area contributed by atoms with Gasteiger partial charge in [0, 0.05) is 23.4 Å². The highest BCUT2D eigenvalue weighted by Gasteiger charge is 2.26. The molecule has 0 saturated carbocycles. The molecule has 0 bridgehead atoms. The van der Waals surface area contributed by atoms with Gasteiger partial charge in [-0.1, -0.05) is 45.9 Å². The minimum Gasteiger partial charge on any atom is -0.476 e. The second-order valence-electron chi connectivity index (χ2n) is 6.85. The Labute approximate surface area is 145 Å². The van der Waals surface area contributed by atoms with Crippen LogP contribution in [0.25, 0.3) is 10.6 Å². The third-order valence-corrected chi connectivity index (χ3v) is 4.95. The average molecular weight is 346 g/mol. The van der Waals surface area contributed by atoms with Crippen LogP contribution < -0.4 is 5.32 Å². The summed E-state index contributed by atoms with van der Waals surface area (Å²) in [5.41, 5.74) is 1.77. The Bertz CT molecular complexity index is 747. The number of carboxylic acids is 1. The van der Waals surface area contributed by atoms with Crippen molar-refractivity contribution >= 4 is 23.2 Å². The normalized spacial score (nSPS) is 12.7. The third-order valence-electron chi connectivity index (χ3n) is 4.06. The molecular weight excluding hydrogens is 324 g/mol. The zero-order valence-corrected chi connectivity index (χ0v) is 15.1. The molecule has 0 radical (unpaired) electrons. The summed E-state index contributed by atoms with van der Waals surface area (Å²) in [6.07, 6.45) is 0. The smallest absolute Gasteiger partial charge is 0.355 e. The number of hydrogen-bond acceptors (Lipinski definition) is 4. The van der Waals surface area contributed by atoms with Gasteiger partial charge >= 0.3 is 5.97 Å². The highest BCUT2D eigenvalue weighted by atomic mass is 32.1. The minimum absolute atomic E-state index is 0.0234. The predicted molar refractivity (Wildman–Crippen MR) is 95.0 cm³/mol. The highest BCUT2D eigenvalue weighted by molar-refractivity contribution is 7.13. The first-order chi connectivity index (χ1) is 11.2. The quantitative estimate of drug-likeness (QED) is 0.863. The number of carboxylic acid groups (broad SMARTS) is 1. The van der Waals surface area contributed by atoms with Crippen LogP contribution in [0.3, 0.4) is 0 Å². The molecule has 2 N–H and O–H groups in total. The van der Waals surface area contributed by atoms with Gasteiger partial charge in [0.15, 0.2) is 5.69 Å². The fraction of sp³-hybridized carbons (Fsp3) is 0.389. The van der Waals surface area contributed by atoms with E-state index in [1.54, 1.807) is 0 Å². The van der Waals surface area contributed by atoms with Crippen molar-refractivity contribution in [3.8, 4) is 10.6 Å². The van der Waals surface area contributed by atoms with Crippen LogP contribution in [-0.4, -0.2) is 22.0 Å². The fourth-order valence-electron chi connectivity index (χ4n) is 2.05. The predicted octanol–water partition coefficient (Wildman–Crippen LogP) is 3.81. The number of carbonyl (C=O) groups excluding carboxylic acids is 1. The van der Waals surface area contributed by atoms with Gasteiger partial charge in [-0.2, -0.15) is 0 Å². The molecule has 0 fully saturated rings. The van der Waals surface area contributed by atoms with Gasteiger partial charge < -0.3 is 10.4 Å². The molecule has 1 aromatic heterocycles. The van der Waals surface area contributed by atoms with E-state index in [1.165, 1.54) is 16.7 Å². The Balaban J connectivity index is 2.08. The number of aromatic nitrogens is 1. The summed E-state index contributed by atoms with van der Waals surface area (Å²) in [5, 5.41) is 14.1. The lowest BCUT2D eigenvalue weighted by atomic mass is 9.81. The van der Waals surface area contributed by atoms with Crippen molar-refractivity contribution in [1.29, 1.82) is 0 Å². The number of benzene rings is 1. The van der Waals surface area contributed by atoms with Crippen molar-refractivity contribution in [2.45, 2.75) is 34.2 Å². The van der Waals surface area contributed by atoms with Crippen LogP contribution >= 0.6 is 11.3 Å². The van der Waals surface area contributed by atoms with Crippen LogP contribution in [0, 0.1) is 11.3 Å². The summed E-state index contributed by atoms with van der Waals surface area (Å²) >= 11 is 1.29. The zero-order chi connectivity index (χ0) is 17.9. The number of nitrogens with zero attached hydrogens (tertiary/aromatic N) is 1. The monoisotopic (exact) mass is 346 g/mol. The van der Waals surface area contributed by atoms with Gasteiger partial charge in [-0.25, -0.2) is 9.78 Å². The molecule has 2 rings (SSSR count). The fourth-order valence-corrected chi connectivity index (χ4v) is 2.85. The second kappa shape index (κ2) is 7.13. The van der Waals surface area contributed by atoms with Gasteiger partial charge in [-0.05, 0) is 17.0 Å². The third kappa shape index (κ3) is 4.41. The van der Waals surface area contributed by atoms with Gasteiger partial charge in [0.2, 0.25) is 5.91 Å². The van der Waals surface area contributed by atoms with Crippen LogP contribution in [-0.2, 0) is 11.3 Å². The molecule has 1 unspecified atom stereocenters. The molecule has 0 aliphatic carbocycles. The summed E-state index contributed by atoms with van der Waals surface area (Å²) < 4.78 is 0. The van der Waals surface area contributed by atoms with Crippen LogP contribution in [0.15, 0.2) is 29.6 Å². The second-order valence-corrected chi connectivity index (χ2v) is 7.71. The lowest BCUT2D eigenvalue weighted by Gasteiger charge is -2.26. The molecule has 0 saturated heterocycles. The Kier molecular flexibility index (Phi) is 5.39. The molecule has 2 aromatic rings. The number of thiazole rings is 1. The Morgan fingerprint density at radius 2 is 2.04 bits per heavy atom. The van der Waals surface area contributed by atoms with E-state index < -0.39 is 5.97 Å². The highest BCUT2D eigenvalue weighted by Crippen LogP contribution is 2.26. The Hall–Kier alpha value is -2.21. The van der Waals surface area contributed by atoms with Crippen LogP contribution in [0.1, 0.15) is 43.7 Å². The summed E-state index contributed by atoms with van der Waals surface area (Å²) in [5.74, 6) is -1.09. The van der Waals surface area contributed by atoms with Gasteiger partial charge in [0.05, 0.1) is 0 Å². The van der Waals surface area contributed by atoms with Gasteiger partial charge in [0.1, 0.15) is 5.01 Å². The van der Waals surface area contributed by atoms with E-state index in [4.69, 9.17) is 5.11 Å². The van der Waals surface area contributed by atoms with E-state index in [2.05, 4.69) is 10.3 Å². The number of carbonyl (C=O) groups is 2. The number of rotatable bonds is 5. The molecule has 1 heterocycles. The Morgan fingerprint density at radius 1 is 1.33 bits per heavy atom. The molecule has 1 amide bonds. The molecule has 24 heavy (non-hydrogen) atoms. The lowest BCUT2D eigenvalue weighted by Crippen LogP contribution is -2.35. The number of aromatic carboxylic acids is 1. The van der Waals surface area contributed by atoms with Gasteiger partial charge in [-0.15, -0.1) is 11.3 Å². The van der Waals surface area contributed by atoms with E-state index in [0.717, 1.165) is 11.1 Å². The van der Waals surface area contributed by atoms with Gasteiger partial charge in [0.25, 0.3) is 0 Å². The summed E-state index contributed by atoms with van der Waals surface area (Å²) in [4.78, 5) is 27.2. The largest absolute Gasteiger partial charge is 0.476 e. The van der Waals surface area contributed by atoms with Crippen molar-refractivity contribution in [1.82, 2.24) is 10.3 Å². The van der Waals surface area contributed by atoms with E-state index in [-0.39, 0.29) is 22.9 Å². The molecule has 1 aromatic carbocycles. The van der Waals surface area contributed by atoms with Crippen molar-refractivity contribution in [3.63, 3.8) is 0 Å². The van der Waals surface area contributed by atoms with E-state index in [0.29, 0.717) is 11.6 Å². The number of amides is 1. The van der Waals surface area contributed by atoms with E-state index in [1.807, 2.05) is 52.0 Å². The van der Waals surface area contributed by atoms with E-state index >= 15 is 0 Å². The van der Waals surface area contributed by atoms with Crippen molar-refractivity contribution in [2.24, 2.45) is 11.3 Å². The SMILES string of the molecule is CC(C(=O)NCc1cccc(-c2nc(C(=O)O)cs2)c1)C(C)(C)C. The summed E-state index contributed by atoms with van der Waals surface area (Å²) in [7, 11) is 0. The number of nitrogens with one attached hydrogen (secondary N) is 1. The lowest BCUT2D eigenvalue weighted by molar-refractivity contribution is -0.127. The average Bonchev–Trinajstić information content (AvgIpc) is 3.01. The zero-order valence-electron chi connectivity index (χ0n) is 14.3. The molecule has 128 valence electrons. The van der Waals surface area contributed by atoms with Crippen molar-refractivity contribution < 1.29 is 14.7 Å². The first-order valence-electron chi connectivity index (χ1n) is 7.74. The molecule has 1 atom stereocenters. The number of hydrogen-bond donors (Lipinski definition) is 2. The Morgan fingerprint density at radius 3 is 2.62 bits per heavy atom. The van der Waals surface area contributed by atoms with Crippen LogP contribution in [0.2, 0.25) is 0 Å². The standard InChI is InChI=1S/C18H22N2O3S/c1-11(18(2,3)4)15(21)19-9-12-6-5-7-13(8-12)16-20-14(10-24-16)17(22)23/h5-8,10-11H,9H2,1-4H3,(H,19,21)(H,22,23).